The van der Waals surface area contributed by atoms with E-state index in [1.807, 2.05) is 6.92 Å². The van der Waals surface area contributed by atoms with Crippen molar-refractivity contribution in [2.45, 2.75) is 39.2 Å². The average Bonchev–Trinajstić information content (AvgIpc) is 3.09. The fraction of sp³-hybridized carbons (Fsp3) is 0.438. The Labute approximate surface area is 138 Å². The van der Waals surface area contributed by atoms with Gasteiger partial charge in [-0.15, -0.1) is 0 Å². The van der Waals surface area contributed by atoms with Crippen molar-refractivity contribution in [2.75, 3.05) is 0 Å². The van der Waals surface area contributed by atoms with Gasteiger partial charge < -0.3 is 15.5 Å². The van der Waals surface area contributed by atoms with Gasteiger partial charge in [0.2, 0.25) is 5.54 Å². The molecular weight excluding hydrogens is 316 g/mol. The molecule has 24 heavy (non-hydrogen) atoms. The fourth-order valence-corrected chi connectivity index (χ4v) is 3.18. The van der Waals surface area contributed by atoms with E-state index in [4.69, 9.17) is 0 Å². The Hall–Kier alpha value is -2.77. The van der Waals surface area contributed by atoms with Crippen LogP contribution in [0.15, 0.2) is 28.0 Å². The zero-order chi connectivity index (χ0) is 18.3. The van der Waals surface area contributed by atoms with E-state index >= 15 is 0 Å². The number of carbonyl (C=O) groups is 4. The predicted molar refractivity (Wildman–Crippen MR) is 83.4 cm³/mol. The van der Waals surface area contributed by atoms with Gasteiger partial charge in [0.1, 0.15) is 17.0 Å². The third kappa shape index (κ3) is 2.17. The molecule has 1 saturated heterocycles. The number of ketones is 2. The minimum Gasteiger partial charge on any atom is -0.479 e. The maximum Gasteiger partial charge on any atom is 0.341 e. The van der Waals surface area contributed by atoms with Crippen LogP contribution in [-0.2, 0) is 19.2 Å². The minimum absolute atomic E-state index is 0.0471. The standard InChI is InChI=1S/C16H18N2O6/c1-4-10-5-6-17-11(10)12-15(8(2)19,9(3)20)7-16(18-12,13(21)22)14(23)24/h5-6,18H,4,7H2,1-3H3,(H,21,22)(H,23,24). The maximum absolute atomic E-state index is 12.4. The number of hydrogen-bond donors (Lipinski definition) is 3. The average molecular weight is 334 g/mol. The van der Waals surface area contributed by atoms with Gasteiger partial charge in [-0.1, -0.05) is 6.92 Å². The number of aliphatic carboxylic acids is 2. The molecule has 2 rings (SSSR count). The normalized spacial score (nSPS) is 23.5. The lowest BCUT2D eigenvalue weighted by atomic mass is 9.72. The molecule has 2 aliphatic rings. The van der Waals surface area contributed by atoms with Crippen LogP contribution in [0.3, 0.4) is 0 Å². The summed E-state index contributed by atoms with van der Waals surface area (Å²) in [5.41, 5.74) is -3.43. The van der Waals surface area contributed by atoms with E-state index in [1.165, 1.54) is 6.21 Å². The lowest BCUT2D eigenvalue weighted by molar-refractivity contribution is -0.158. The van der Waals surface area contributed by atoms with Crippen molar-refractivity contribution < 1.29 is 29.4 Å². The van der Waals surface area contributed by atoms with Gasteiger partial charge in [-0.05, 0) is 31.9 Å². The van der Waals surface area contributed by atoms with Gasteiger partial charge in [-0.25, -0.2) is 9.59 Å². The first kappa shape index (κ1) is 17.6. The highest BCUT2D eigenvalue weighted by atomic mass is 16.4. The molecule has 0 atom stereocenters. The molecule has 8 nitrogen and oxygen atoms in total. The number of allylic oxidation sites excluding steroid dienone is 3. The number of nitrogens with one attached hydrogen (secondary N) is 1. The molecule has 8 heteroatoms. The Bertz CT molecular complexity index is 716. The molecule has 0 aliphatic carbocycles. The van der Waals surface area contributed by atoms with E-state index in [9.17, 15) is 29.4 Å². The molecule has 2 aliphatic heterocycles. The van der Waals surface area contributed by atoms with Crippen molar-refractivity contribution >= 4 is 29.7 Å². The number of aliphatic imine (C=N–C) groups is 1. The second-order valence-electron chi connectivity index (χ2n) is 5.88. The monoisotopic (exact) mass is 334 g/mol. The molecule has 128 valence electrons. The van der Waals surface area contributed by atoms with Crippen molar-refractivity contribution in [3.05, 3.63) is 23.0 Å². The van der Waals surface area contributed by atoms with Crippen LogP contribution in [-0.4, -0.2) is 45.5 Å². The number of Topliss-reactive ketones (excluding diaryl/α,β-unsaturated/α-hetero) is 2. The zero-order valence-electron chi connectivity index (χ0n) is 13.5. The highest BCUT2D eigenvalue weighted by Crippen LogP contribution is 2.47. The number of carbonyl (C=O) groups excluding carboxylic acids is 2. The van der Waals surface area contributed by atoms with Crippen LogP contribution >= 0.6 is 0 Å². The van der Waals surface area contributed by atoms with E-state index in [0.29, 0.717) is 12.0 Å². The highest BCUT2D eigenvalue weighted by Gasteiger charge is 2.65. The quantitative estimate of drug-likeness (QED) is 0.630. The maximum atomic E-state index is 12.4. The van der Waals surface area contributed by atoms with Gasteiger partial charge >= 0.3 is 11.9 Å². The van der Waals surface area contributed by atoms with Crippen LogP contribution in [0, 0.1) is 5.41 Å². The Kier molecular flexibility index (Phi) is 4.18. The summed E-state index contributed by atoms with van der Waals surface area (Å²) in [6.45, 7) is 4.13. The van der Waals surface area contributed by atoms with Crippen molar-refractivity contribution in [3.63, 3.8) is 0 Å². The summed E-state index contributed by atoms with van der Waals surface area (Å²) in [7, 11) is 0. The summed E-state index contributed by atoms with van der Waals surface area (Å²) >= 11 is 0. The van der Waals surface area contributed by atoms with Crippen LogP contribution in [0.4, 0.5) is 0 Å². The largest absolute Gasteiger partial charge is 0.479 e. The van der Waals surface area contributed by atoms with Gasteiger partial charge in [0, 0.05) is 12.6 Å². The summed E-state index contributed by atoms with van der Waals surface area (Å²) in [6, 6.07) is 0. The molecule has 0 bridgehead atoms. The molecular formula is C16H18N2O6. The first-order valence-electron chi connectivity index (χ1n) is 7.39. The van der Waals surface area contributed by atoms with E-state index in [1.54, 1.807) is 6.08 Å². The fourth-order valence-electron chi connectivity index (χ4n) is 3.18. The van der Waals surface area contributed by atoms with E-state index in [-0.39, 0.29) is 11.4 Å². The van der Waals surface area contributed by atoms with Crippen molar-refractivity contribution in [1.82, 2.24) is 5.32 Å². The SMILES string of the molecule is CCC1=CC=NC1=C1NC(C(=O)O)(C(=O)O)CC1(C(C)=O)C(C)=O. The number of carboxylic acid groups (broad SMARTS) is 2. The number of rotatable bonds is 5. The topological polar surface area (TPSA) is 133 Å². The first-order valence-corrected chi connectivity index (χ1v) is 7.39. The van der Waals surface area contributed by atoms with Crippen molar-refractivity contribution in [3.8, 4) is 0 Å². The Balaban J connectivity index is 2.83. The third-order valence-corrected chi connectivity index (χ3v) is 4.63. The van der Waals surface area contributed by atoms with Crippen LogP contribution in [0.2, 0.25) is 0 Å². The predicted octanol–water partition coefficient (Wildman–Crippen LogP) is 0.685. The van der Waals surface area contributed by atoms with E-state index in [0.717, 1.165) is 13.8 Å². The molecule has 0 unspecified atom stereocenters. The van der Waals surface area contributed by atoms with Gasteiger partial charge in [0.05, 0.1) is 11.4 Å². The van der Waals surface area contributed by atoms with Gasteiger partial charge in [0.15, 0.2) is 0 Å². The first-order chi connectivity index (χ1) is 11.1. The number of carboxylic acids is 2. The molecule has 0 amide bonds. The van der Waals surface area contributed by atoms with Crippen LogP contribution in [0.1, 0.15) is 33.6 Å². The molecule has 2 heterocycles. The third-order valence-electron chi connectivity index (χ3n) is 4.63. The van der Waals surface area contributed by atoms with Crippen LogP contribution in [0.5, 0.6) is 0 Å². The molecule has 3 N–H and O–H groups in total. The minimum atomic E-state index is -2.46. The molecule has 0 aromatic carbocycles. The van der Waals surface area contributed by atoms with E-state index in [2.05, 4.69) is 10.3 Å². The zero-order valence-corrected chi connectivity index (χ0v) is 13.5. The Morgan fingerprint density at radius 2 is 1.71 bits per heavy atom. The van der Waals surface area contributed by atoms with Gasteiger partial charge in [-0.3, -0.25) is 14.6 Å². The van der Waals surface area contributed by atoms with Crippen LogP contribution in [0.25, 0.3) is 0 Å². The molecule has 0 aromatic heterocycles. The van der Waals surface area contributed by atoms with Gasteiger partial charge in [-0.2, -0.15) is 0 Å². The smallest absolute Gasteiger partial charge is 0.341 e. The summed E-state index contributed by atoms with van der Waals surface area (Å²) in [6.07, 6.45) is 2.98. The molecule has 0 radical (unpaired) electrons. The summed E-state index contributed by atoms with van der Waals surface area (Å²) < 4.78 is 0. The highest BCUT2D eigenvalue weighted by molar-refractivity contribution is 6.14. The summed E-state index contributed by atoms with van der Waals surface area (Å²) in [5, 5.41) is 21.4. The van der Waals surface area contributed by atoms with E-state index < -0.39 is 40.9 Å². The Morgan fingerprint density at radius 3 is 2.12 bits per heavy atom. The molecule has 0 spiro atoms. The second-order valence-corrected chi connectivity index (χ2v) is 5.88. The van der Waals surface area contributed by atoms with Crippen molar-refractivity contribution in [2.24, 2.45) is 10.4 Å². The lowest BCUT2D eigenvalue weighted by Crippen LogP contribution is -2.54. The molecule has 0 aromatic rings. The summed E-state index contributed by atoms with van der Waals surface area (Å²) in [4.78, 5) is 52.2. The number of nitrogens with zero attached hydrogens (tertiary/aromatic N) is 1. The van der Waals surface area contributed by atoms with Gasteiger partial charge in [0.25, 0.3) is 0 Å². The number of hydrogen-bond acceptors (Lipinski definition) is 6. The Morgan fingerprint density at radius 1 is 1.17 bits per heavy atom. The summed E-state index contributed by atoms with van der Waals surface area (Å²) in [5.74, 6) is -4.57. The molecule has 1 fully saturated rings. The molecule has 0 saturated carbocycles. The van der Waals surface area contributed by atoms with Crippen molar-refractivity contribution in [1.29, 1.82) is 0 Å². The van der Waals surface area contributed by atoms with Crippen LogP contribution < -0.4 is 5.32 Å². The lowest BCUT2D eigenvalue weighted by Gasteiger charge is -2.25. The second kappa shape index (κ2) is 5.70.